The van der Waals surface area contributed by atoms with E-state index in [9.17, 15) is 9.59 Å². The first-order chi connectivity index (χ1) is 11.2. The molecule has 0 bridgehead atoms. The Balaban J connectivity index is 1.74. The van der Waals surface area contributed by atoms with Gasteiger partial charge in [0, 0.05) is 6.04 Å². The second kappa shape index (κ2) is 8.73. The molecule has 1 N–H and O–H groups in total. The predicted octanol–water partition coefficient (Wildman–Crippen LogP) is 3.02. The van der Waals surface area contributed by atoms with Crippen LogP contribution in [0.1, 0.15) is 29.3 Å². The molecule has 0 aliphatic carbocycles. The maximum atomic E-state index is 11.9. The fourth-order valence-electron chi connectivity index (χ4n) is 2.27. The fourth-order valence-corrected chi connectivity index (χ4v) is 2.27. The lowest BCUT2D eigenvalue weighted by molar-refractivity contribution is -0.123. The van der Waals surface area contributed by atoms with Gasteiger partial charge in [0.1, 0.15) is 5.75 Å². The van der Waals surface area contributed by atoms with Crippen LogP contribution in [0.3, 0.4) is 0 Å². The SMILES string of the molecule is C[C@H](CCc1ccccc1)NC(=O)COc1ccccc1C=O. The highest BCUT2D eigenvalue weighted by Crippen LogP contribution is 2.15. The van der Waals surface area contributed by atoms with Crippen LogP contribution >= 0.6 is 0 Å². The van der Waals surface area contributed by atoms with Crippen molar-refractivity contribution in [2.75, 3.05) is 6.61 Å². The number of nitrogens with one attached hydrogen (secondary N) is 1. The van der Waals surface area contributed by atoms with E-state index in [1.165, 1.54) is 5.56 Å². The Hall–Kier alpha value is -2.62. The molecule has 0 aliphatic rings. The number of para-hydroxylation sites is 1. The van der Waals surface area contributed by atoms with Gasteiger partial charge in [-0.05, 0) is 37.5 Å². The Morgan fingerprint density at radius 3 is 2.57 bits per heavy atom. The molecule has 0 aromatic heterocycles. The molecule has 0 saturated carbocycles. The molecule has 0 spiro atoms. The highest BCUT2D eigenvalue weighted by Gasteiger charge is 2.09. The van der Waals surface area contributed by atoms with E-state index in [0.717, 1.165) is 19.1 Å². The first-order valence-electron chi connectivity index (χ1n) is 7.69. The second-order valence-corrected chi connectivity index (χ2v) is 5.44. The van der Waals surface area contributed by atoms with E-state index >= 15 is 0 Å². The highest BCUT2D eigenvalue weighted by atomic mass is 16.5. The number of hydrogen-bond donors (Lipinski definition) is 1. The summed E-state index contributed by atoms with van der Waals surface area (Å²) >= 11 is 0. The van der Waals surface area contributed by atoms with Crippen molar-refractivity contribution in [3.63, 3.8) is 0 Å². The monoisotopic (exact) mass is 311 g/mol. The maximum absolute atomic E-state index is 11.9. The van der Waals surface area contributed by atoms with Crippen LogP contribution in [0, 0.1) is 0 Å². The molecular formula is C19H21NO3. The van der Waals surface area contributed by atoms with E-state index in [1.807, 2.05) is 25.1 Å². The number of rotatable bonds is 8. The molecule has 2 aromatic carbocycles. The number of carbonyl (C=O) groups is 2. The smallest absolute Gasteiger partial charge is 0.258 e. The van der Waals surface area contributed by atoms with Crippen LogP contribution in [0.2, 0.25) is 0 Å². The van der Waals surface area contributed by atoms with Gasteiger partial charge in [-0.2, -0.15) is 0 Å². The molecule has 2 rings (SSSR count). The van der Waals surface area contributed by atoms with Gasteiger partial charge in [0.05, 0.1) is 5.56 Å². The van der Waals surface area contributed by atoms with Gasteiger partial charge in [-0.1, -0.05) is 42.5 Å². The minimum absolute atomic E-state index is 0.0626. The first-order valence-corrected chi connectivity index (χ1v) is 7.69. The van der Waals surface area contributed by atoms with Crippen molar-refractivity contribution in [3.8, 4) is 5.75 Å². The average molecular weight is 311 g/mol. The second-order valence-electron chi connectivity index (χ2n) is 5.44. The number of ether oxygens (including phenoxy) is 1. The summed E-state index contributed by atoms with van der Waals surface area (Å²) in [6, 6.07) is 17.1. The van der Waals surface area contributed by atoms with Gasteiger partial charge in [0.25, 0.3) is 5.91 Å². The van der Waals surface area contributed by atoms with Crippen molar-refractivity contribution in [2.45, 2.75) is 25.8 Å². The van der Waals surface area contributed by atoms with Crippen LogP contribution in [-0.2, 0) is 11.2 Å². The summed E-state index contributed by atoms with van der Waals surface area (Å²) in [7, 11) is 0. The first kappa shape index (κ1) is 16.7. The summed E-state index contributed by atoms with van der Waals surface area (Å²) in [5.74, 6) is 0.237. The van der Waals surface area contributed by atoms with Gasteiger partial charge < -0.3 is 10.1 Å². The van der Waals surface area contributed by atoms with E-state index in [-0.39, 0.29) is 18.6 Å². The van der Waals surface area contributed by atoms with Gasteiger partial charge in [0.15, 0.2) is 12.9 Å². The topological polar surface area (TPSA) is 55.4 Å². The largest absolute Gasteiger partial charge is 0.483 e. The number of hydrogen-bond acceptors (Lipinski definition) is 3. The number of amides is 1. The van der Waals surface area contributed by atoms with E-state index in [4.69, 9.17) is 4.74 Å². The third-order valence-electron chi connectivity index (χ3n) is 3.52. The molecule has 1 atom stereocenters. The molecule has 2 aromatic rings. The molecule has 1 amide bonds. The Morgan fingerprint density at radius 2 is 1.83 bits per heavy atom. The molecule has 0 aliphatic heterocycles. The third-order valence-corrected chi connectivity index (χ3v) is 3.52. The summed E-state index contributed by atoms with van der Waals surface area (Å²) in [6.45, 7) is 1.88. The number of carbonyl (C=O) groups excluding carboxylic acids is 2. The normalized spacial score (nSPS) is 11.5. The van der Waals surface area contributed by atoms with Crippen molar-refractivity contribution in [1.29, 1.82) is 0 Å². The van der Waals surface area contributed by atoms with Gasteiger partial charge in [0.2, 0.25) is 0 Å². The van der Waals surface area contributed by atoms with Gasteiger partial charge >= 0.3 is 0 Å². The van der Waals surface area contributed by atoms with Gasteiger partial charge in [-0.25, -0.2) is 0 Å². The average Bonchev–Trinajstić information content (AvgIpc) is 2.59. The van der Waals surface area contributed by atoms with Crippen molar-refractivity contribution >= 4 is 12.2 Å². The zero-order valence-electron chi connectivity index (χ0n) is 13.2. The molecule has 23 heavy (non-hydrogen) atoms. The van der Waals surface area contributed by atoms with E-state index in [0.29, 0.717) is 11.3 Å². The number of aryl methyl sites for hydroxylation is 1. The summed E-state index contributed by atoms with van der Waals surface area (Å²) in [5, 5.41) is 2.91. The van der Waals surface area contributed by atoms with E-state index in [1.54, 1.807) is 24.3 Å². The summed E-state index contributed by atoms with van der Waals surface area (Å²) < 4.78 is 5.41. The molecule has 4 nitrogen and oxygen atoms in total. The lowest BCUT2D eigenvalue weighted by Gasteiger charge is -2.14. The fraction of sp³-hybridized carbons (Fsp3) is 0.263. The molecule has 4 heteroatoms. The third kappa shape index (κ3) is 5.58. The van der Waals surface area contributed by atoms with Crippen LogP contribution in [0.15, 0.2) is 54.6 Å². The molecule has 0 saturated heterocycles. The molecular weight excluding hydrogens is 290 g/mol. The molecule has 0 heterocycles. The van der Waals surface area contributed by atoms with Gasteiger partial charge in [-0.3, -0.25) is 9.59 Å². The van der Waals surface area contributed by atoms with Crippen molar-refractivity contribution < 1.29 is 14.3 Å². The Morgan fingerprint density at radius 1 is 1.13 bits per heavy atom. The summed E-state index contributed by atoms with van der Waals surface area (Å²) in [5.41, 5.74) is 1.70. The van der Waals surface area contributed by atoms with Crippen LogP contribution in [0.5, 0.6) is 5.75 Å². The standard InChI is InChI=1S/C19H21NO3/c1-15(11-12-16-7-3-2-4-8-16)20-19(22)14-23-18-10-6-5-9-17(18)13-21/h2-10,13,15H,11-12,14H2,1H3,(H,20,22)/t15-/m1/s1. The zero-order chi connectivity index (χ0) is 16.5. The van der Waals surface area contributed by atoms with Crippen molar-refractivity contribution in [1.82, 2.24) is 5.32 Å². The van der Waals surface area contributed by atoms with Crippen LogP contribution < -0.4 is 10.1 Å². The van der Waals surface area contributed by atoms with E-state index < -0.39 is 0 Å². The molecule has 0 fully saturated rings. The number of aldehydes is 1. The van der Waals surface area contributed by atoms with Crippen LogP contribution in [0.25, 0.3) is 0 Å². The minimum atomic E-state index is -0.189. The Kier molecular flexibility index (Phi) is 6.36. The quantitative estimate of drug-likeness (QED) is 0.762. The highest BCUT2D eigenvalue weighted by molar-refractivity contribution is 5.80. The lowest BCUT2D eigenvalue weighted by Crippen LogP contribution is -2.36. The predicted molar refractivity (Wildman–Crippen MR) is 89.7 cm³/mol. The van der Waals surface area contributed by atoms with Crippen molar-refractivity contribution in [3.05, 3.63) is 65.7 Å². The molecule has 0 unspecified atom stereocenters. The van der Waals surface area contributed by atoms with E-state index in [2.05, 4.69) is 17.4 Å². The molecule has 0 radical (unpaired) electrons. The zero-order valence-corrected chi connectivity index (χ0v) is 13.2. The van der Waals surface area contributed by atoms with Crippen LogP contribution in [0.4, 0.5) is 0 Å². The minimum Gasteiger partial charge on any atom is -0.483 e. The van der Waals surface area contributed by atoms with Crippen LogP contribution in [-0.4, -0.2) is 24.8 Å². The van der Waals surface area contributed by atoms with Crippen molar-refractivity contribution in [2.24, 2.45) is 0 Å². The molecule has 120 valence electrons. The summed E-state index contributed by atoms with van der Waals surface area (Å²) in [6.07, 6.45) is 2.49. The Bertz CT molecular complexity index is 640. The Labute approximate surface area is 136 Å². The number of benzene rings is 2. The maximum Gasteiger partial charge on any atom is 0.258 e. The summed E-state index contributed by atoms with van der Waals surface area (Å²) in [4.78, 5) is 22.8. The lowest BCUT2D eigenvalue weighted by atomic mass is 10.1. The van der Waals surface area contributed by atoms with Gasteiger partial charge in [-0.15, -0.1) is 0 Å².